The maximum atomic E-state index is 10.4. The molecule has 68 valence electrons. The summed E-state index contributed by atoms with van der Waals surface area (Å²) in [7, 11) is 1.55. The van der Waals surface area contributed by atoms with Crippen LogP contribution in [0.1, 0.15) is 13.8 Å². The van der Waals surface area contributed by atoms with E-state index in [0.717, 1.165) is 0 Å². The molecule has 3 heteroatoms. The van der Waals surface area contributed by atoms with Crippen LogP contribution < -0.4 is 0 Å². The SMILES string of the molecule is C/C=C(\C=C/C(C)C(=O)O)OC. The van der Waals surface area contributed by atoms with E-state index in [1.165, 1.54) is 0 Å². The Morgan fingerprint density at radius 2 is 2.17 bits per heavy atom. The quantitative estimate of drug-likeness (QED) is 0.517. The van der Waals surface area contributed by atoms with E-state index in [9.17, 15) is 4.79 Å². The van der Waals surface area contributed by atoms with Gasteiger partial charge in [0.15, 0.2) is 0 Å². The van der Waals surface area contributed by atoms with Gasteiger partial charge >= 0.3 is 5.97 Å². The van der Waals surface area contributed by atoms with Crippen molar-refractivity contribution in [2.75, 3.05) is 7.11 Å². The summed E-state index contributed by atoms with van der Waals surface area (Å²) in [6.45, 7) is 3.44. The van der Waals surface area contributed by atoms with Gasteiger partial charge in [0.05, 0.1) is 13.0 Å². The minimum absolute atomic E-state index is 0.477. The molecular formula is C9H14O3. The topological polar surface area (TPSA) is 46.5 Å². The second kappa shape index (κ2) is 5.41. The van der Waals surface area contributed by atoms with Crippen LogP contribution in [0.2, 0.25) is 0 Å². The number of ether oxygens (including phenoxy) is 1. The summed E-state index contributed by atoms with van der Waals surface area (Å²) < 4.78 is 4.91. The van der Waals surface area contributed by atoms with Crippen molar-refractivity contribution in [2.45, 2.75) is 13.8 Å². The highest BCUT2D eigenvalue weighted by molar-refractivity contribution is 5.71. The molecule has 1 N–H and O–H groups in total. The Hall–Kier alpha value is -1.25. The number of allylic oxidation sites excluding steroid dienone is 2. The van der Waals surface area contributed by atoms with Crippen LogP contribution >= 0.6 is 0 Å². The predicted molar refractivity (Wildman–Crippen MR) is 46.7 cm³/mol. The highest BCUT2D eigenvalue weighted by atomic mass is 16.5. The van der Waals surface area contributed by atoms with Crippen LogP contribution in [0.4, 0.5) is 0 Å². The second-order valence-electron chi connectivity index (χ2n) is 2.38. The molecule has 0 rings (SSSR count). The van der Waals surface area contributed by atoms with Gasteiger partial charge in [0.2, 0.25) is 0 Å². The van der Waals surface area contributed by atoms with Crippen molar-refractivity contribution in [1.82, 2.24) is 0 Å². The Morgan fingerprint density at radius 3 is 2.50 bits per heavy atom. The molecule has 12 heavy (non-hydrogen) atoms. The lowest BCUT2D eigenvalue weighted by atomic mass is 10.1. The lowest BCUT2D eigenvalue weighted by molar-refractivity contribution is -0.139. The van der Waals surface area contributed by atoms with E-state index >= 15 is 0 Å². The summed E-state index contributed by atoms with van der Waals surface area (Å²) in [5.74, 6) is -0.643. The van der Waals surface area contributed by atoms with Crippen molar-refractivity contribution < 1.29 is 14.6 Å². The first kappa shape index (κ1) is 10.8. The first-order valence-corrected chi connectivity index (χ1v) is 3.73. The van der Waals surface area contributed by atoms with Crippen molar-refractivity contribution in [2.24, 2.45) is 5.92 Å². The molecule has 0 heterocycles. The number of rotatable bonds is 4. The smallest absolute Gasteiger partial charge is 0.310 e. The van der Waals surface area contributed by atoms with Crippen LogP contribution in [0.5, 0.6) is 0 Å². The van der Waals surface area contributed by atoms with Gasteiger partial charge in [0.1, 0.15) is 5.76 Å². The van der Waals surface area contributed by atoms with Crippen LogP contribution in [0.15, 0.2) is 24.0 Å². The fourth-order valence-corrected chi connectivity index (χ4v) is 0.604. The molecule has 0 amide bonds. The van der Waals surface area contributed by atoms with Crippen LogP contribution in [0.3, 0.4) is 0 Å². The van der Waals surface area contributed by atoms with Gasteiger partial charge < -0.3 is 9.84 Å². The second-order valence-corrected chi connectivity index (χ2v) is 2.38. The van der Waals surface area contributed by atoms with Gasteiger partial charge in [-0.15, -0.1) is 0 Å². The lowest BCUT2D eigenvalue weighted by Gasteiger charge is -2.00. The van der Waals surface area contributed by atoms with Gasteiger partial charge in [0, 0.05) is 0 Å². The van der Waals surface area contributed by atoms with E-state index in [0.29, 0.717) is 5.76 Å². The maximum Gasteiger partial charge on any atom is 0.310 e. The Balaban J connectivity index is 4.14. The lowest BCUT2D eigenvalue weighted by Crippen LogP contribution is -2.05. The third-order valence-electron chi connectivity index (χ3n) is 1.46. The molecule has 0 saturated heterocycles. The van der Waals surface area contributed by atoms with Gasteiger partial charge in [-0.3, -0.25) is 4.79 Å². The summed E-state index contributed by atoms with van der Waals surface area (Å²) in [5, 5.41) is 8.53. The normalized spacial score (nSPS) is 14.8. The van der Waals surface area contributed by atoms with Crippen molar-refractivity contribution >= 4 is 5.97 Å². The number of carboxylic acid groups (broad SMARTS) is 1. The van der Waals surface area contributed by atoms with E-state index < -0.39 is 11.9 Å². The van der Waals surface area contributed by atoms with E-state index in [4.69, 9.17) is 9.84 Å². The highest BCUT2D eigenvalue weighted by Gasteiger charge is 2.05. The molecule has 0 aromatic carbocycles. The van der Waals surface area contributed by atoms with Crippen LogP contribution in [0.25, 0.3) is 0 Å². The minimum atomic E-state index is -0.835. The molecule has 0 aliphatic carbocycles. The minimum Gasteiger partial charge on any atom is -0.497 e. The fraction of sp³-hybridized carbons (Fsp3) is 0.444. The number of carboxylic acids is 1. The van der Waals surface area contributed by atoms with Crippen LogP contribution in [-0.4, -0.2) is 18.2 Å². The zero-order chi connectivity index (χ0) is 9.56. The monoisotopic (exact) mass is 170 g/mol. The van der Waals surface area contributed by atoms with E-state index in [1.54, 1.807) is 32.3 Å². The molecule has 1 atom stereocenters. The Labute approximate surface area is 72.3 Å². The number of hydrogen-bond donors (Lipinski definition) is 1. The van der Waals surface area contributed by atoms with Gasteiger partial charge in [-0.05, 0) is 26.0 Å². The number of carbonyl (C=O) groups is 1. The molecular weight excluding hydrogens is 156 g/mol. The largest absolute Gasteiger partial charge is 0.497 e. The molecule has 0 aliphatic heterocycles. The zero-order valence-corrected chi connectivity index (χ0v) is 7.57. The predicted octanol–water partition coefficient (Wildman–Crippen LogP) is 1.81. The van der Waals surface area contributed by atoms with Crippen molar-refractivity contribution in [3.63, 3.8) is 0 Å². The third kappa shape index (κ3) is 3.81. The van der Waals surface area contributed by atoms with Gasteiger partial charge in [0.25, 0.3) is 0 Å². The van der Waals surface area contributed by atoms with Gasteiger partial charge in [-0.25, -0.2) is 0 Å². The molecule has 0 aromatic heterocycles. The molecule has 0 bridgehead atoms. The summed E-state index contributed by atoms with van der Waals surface area (Å²) in [6.07, 6.45) is 5.00. The summed E-state index contributed by atoms with van der Waals surface area (Å²) in [4.78, 5) is 10.4. The Kier molecular flexibility index (Phi) is 4.84. The van der Waals surface area contributed by atoms with Gasteiger partial charge in [-0.1, -0.05) is 6.08 Å². The standard InChI is InChI=1S/C9H14O3/c1-4-8(12-3)6-5-7(2)9(10)11/h4-7H,1-3H3,(H,10,11)/b6-5-,8-4+. The van der Waals surface area contributed by atoms with Crippen LogP contribution in [-0.2, 0) is 9.53 Å². The molecule has 0 aliphatic rings. The summed E-state index contributed by atoms with van der Waals surface area (Å²) in [5.41, 5.74) is 0. The molecule has 0 spiro atoms. The highest BCUT2D eigenvalue weighted by Crippen LogP contribution is 2.02. The summed E-state index contributed by atoms with van der Waals surface area (Å²) in [6, 6.07) is 0. The summed E-state index contributed by atoms with van der Waals surface area (Å²) >= 11 is 0. The number of aliphatic carboxylic acids is 1. The average Bonchev–Trinajstić information content (AvgIpc) is 2.05. The molecule has 0 radical (unpaired) electrons. The fourth-order valence-electron chi connectivity index (χ4n) is 0.604. The zero-order valence-electron chi connectivity index (χ0n) is 7.57. The van der Waals surface area contributed by atoms with Crippen molar-refractivity contribution in [3.05, 3.63) is 24.0 Å². The third-order valence-corrected chi connectivity index (χ3v) is 1.46. The van der Waals surface area contributed by atoms with E-state index in [-0.39, 0.29) is 0 Å². The molecule has 3 nitrogen and oxygen atoms in total. The first-order valence-electron chi connectivity index (χ1n) is 3.73. The van der Waals surface area contributed by atoms with E-state index in [1.807, 2.05) is 6.92 Å². The molecule has 0 aromatic rings. The number of methoxy groups -OCH3 is 1. The Bertz CT molecular complexity index is 204. The Morgan fingerprint density at radius 1 is 1.58 bits per heavy atom. The number of hydrogen-bond acceptors (Lipinski definition) is 2. The van der Waals surface area contributed by atoms with E-state index in [2.05, 4.69) is 0 Å². The maximum absolute atomic E-state index is 10.4. The van der Waals surface area contributed by atoms with Crippen LogP contribution in [0, 0.1) is 5.92 Å². The molecule has 0 fully saturated rings. The van der Waals surface area contributed by atoms with Crippen molar-refractivity contribution in [3.8, 4) is 0 Å². The molecule has 1 unspecified atom stereocenters. The average molecular weight is 170 g/mol. The first-order chi connectivity index (χ1) is 5.61. The van der Waals surface area contributed by atoms with Crippen molar-refractivity contribution in [1.29, 1.82) is 0 Å². The molecule has 0 saturated carbocycles. The van der Waals surface area contributed by atoms with Gasteiger partial charge in [-0.2, -0.15) is 0 Å².